The minimum Gasteiger partial charge on any atom is -0.492 e. The summed E-state index contributed by atoms with van der Waals surface area (Å²) in [5, 5.41) is 3.45. The van der Waals surface area contributed by atoms with Crippen molar-refractivity contribution in [3.8, 4) is 17.2 Å². The van der Waals surface area contributed by atoms with Crippen molar-refractivity contribution in [1.82, 2.24) is 0 Å². The van der Waals surface area contributed by atoms with Crippen LogP contribution in [0.3, 0.4) is 0 Å². The number of benzene rings is 2. The van der Waals surface area contributed by atoms with Gasteiger partial charge in [-0.05, 0) is 30.2 Å². The van der Waals surface area contributed by atoms with E-state index in [2.05, 4.69) is 37.5 Å². The molecule has 2 aliphatic rings. The summed E-state index contributed by atoms with van der Waals surface area (Å²) < 4.78 is 17.0. The van der Waals surface area contributed by atoms with Gasteiger partial charge in [-0.3, -0.25) is 0 Å². The fourth-order valence-electron chi connectivity index (χ4n) is 3.80. The number of hydrogen-bond donors (Lipinski definition) is 2. The van der Waals surface area contributed by atoms with Gasteiger partial charge in [-0.15, -0.1) is 0 Å². The molecule has 0 saturated carbocycles. The molecule has 0 amide bonds. The Kier molecular flexibility index (Phi) is 4.46. The Balaban J connectivity index is 1.76. The van der Waals surface area contributed by atoms with Gasteiger partial charge in [0.05, 0.1) is 26.3 Å². The highest BCUT2D eigenvalue weighted by molar-refractivity contribution is 7.80. The zero-order valence-corrected chi connectivity index (χ0v) is 16.0. The minimum atomic E-state index is -0.00203. The van der Waals surface area contributed by atoms with E-state index in [0.717, 1.165) is 40.7 Å². The van der Waals surface area contributed by atoms with Crippen LogP contribution in [0.25, 0.3) is 0 Å². The van der Waals surface area contributed by atoms with Crippen molar-refractivity contribution >= 4 is 22.9 Å². The molecule has 26 heavy (non-hydrogen) atoms. The summed E-state index contributed by atoms with van der Waals surface area (Å²) in [6.45, 7) is 3.30. The van der Waals surface area contributed by atoms with E-state index < -0.39 is 0 Å². The number of nitrogens with one attached hydrogen (secondary N) is 2. The molecule has 0 bridgehead atoms. The third-order valence-electron chi connectivity index (χ3n) is 5.18. The number of thiocarbonyl (C=S) groups is 1. The zero-order valence-electron chi connectivity index (χ0n) is 15.2. The molecule has 136 valence electrons. The molecule has 0 fully saturated rings. The van der Waals surface area contributed by atoms with Crippen molar-refractivity contribution in [1.29, 1.82) is 0 Å². The minimum absolute atomic E-state index is 0.00203. The smallest absolute Gasteiger partial charge is 0.231 e. The van der Waals surface area contributed by atoms with Crippen LogP contribution >= 0.6 is 12.2 Å². The number of ether oxygens (including phenoxy) is 3. The first-order valence-electron chi connectivity index (χ1n) is 8.78. The molecule has 2 atom stereocenters. The first-order valence-corrected chi connectivity index (χ1v) is 9.19. The second kappa shape index (κ2) is 6.78. The number of hydrogen-bond acceptors (Lipinski definition) is 4. The standard InChI is InChI=1S/C20H22N2O3S/c1-12-6-4-5-7-14(12)21-20(26)17-16-13(8-9-22(17)2)10-15-18(19(16)23-3)25-11-24-15/h4-7,10,17H,8-9,11H2,1-3H3,(H,21,26)/p+1/t17-/m1/s1. The van der Waals surface area contributed by atoms with Crippen LogP contribution in [-0.4, -0.2) is 32.5 Å². The van der Waals surface area contributed by atoms with Gasteiger partial charge in [-0.2, -0.15) is 0 Å². The van der Waals surface area contributed by atoms with Gasteiger partial charge in [0.25, 0.3) is 0 Å². The highest BCUT2D eigenvalue weighted by atomic mass is 32.1. The summed E-state index contributed by atoms with van der Waals surface area (Å²) in [4.78, 5) is 2.12. The van der Waals surface area contributed by atoms with E-state index in [0.29, 0.717) is 5.75 Å². The number of rotatable bonds is 3. The van der Waals surface area contributed by atoms with E-state index in [1.54, 1.807) is 7.11 Å². The first-order chi connectivity index (χ1) is 12.6. The summed E-state index contributed by atoms with van der Waals surface area (Å²) in [5.41, 5.74) is 4.53. The average Bonchev–Trinajstić information content (AvgIpc) is 3.10. The molecular formula is C20H23N2O3S+. The van der Waals surface area contributed by atoms with Crippen molar-refractivity contribution in [3.63, 3.8) is 0 Å². The third-order valence-corrected chi connectivity index (χ3v) is 5.52. The Morgan fingerprint density at radius 2 is 2.12 bits per heavy atom. The Morgan fingerprint density at radius 1 is 1.31 bits per heavy atom. The lowest BCUT2D eigenvalue weighted by atomic mass is 9.90. The topological polar surface area (TPSA) is 44.2 Å². The molecule has 4 rings (SSSR count). The monoisotopic (exact) mass is 371 g/mol. The van der Waals surface area contributed by atoms with Gasteiger partial charge in [0, 0.05) is 12.1 Å². The van der Waals surface area contributed by atoms with E-state index >= 15 is 0 Å². The number of quaternary nitrogens is 1. The van der Waals surface area contributed by atoms with Gasteiger partial charge in [-0.25, -0.2) is 0 Å². The Morgan fingerprint density at radius 3 is 2.88 bits per heavy atom. The summed E-state index contributed by atoms with van der Waals surface area (Å²) >= 11 is 5.84. The summed E-state index contributed by atoms with van der Waals surface area (Å²) in [6.07, 6.45) is 0.956. The molecule has 2 aliphatic heterocycles. The van der Waals surface area contributed by atoms with Crippen LogP contribution < -0.4 is 24.4 Å². The molecule has 0 spiro atoms. The summed E-state index contributed by atoms with van der Waals surface area (Å²) in [6, 6.07) is 10.3. The van der Waals surface area contributed by atoms with Gasteiger partial charge in [-0.1, -0.05) is 30.4 Å². The zero-order chi connectivity index (χ0) is 18.3. The molecule has 1 unspecified atom stereocenters. The van der Waals surface area contributed by atoms with Gasteiger partial charge in [0.1, 0.15) is 4.99 Å². The van der Waals surface area contributed by atoms with E-state index in [-0.39, 0.29) is 12.8 Å². The van der Waals surface area contributed by atoms with Crippen LogP contribution in [0, 0.1) is 6.92 Å². The molecular weight excluding hydrogens is 348 g/mol. The molecule has 6 heteroatoms. The number of likely N-dealkylation sites (N-methyl/N-ethyl adjacent to an activating group) is 1. The SMILES string of the molecule is COc1c2c(cc3c1[C@H](C(=S)Nc1ccccc1C)[NH+](C)CC3)OCO2. The van der Waals surface area contributed by atoms with Crippen LogP contribution in [0.15, 0.2) is 30.3 Å². The van der Waals surface area contributed by atoms with Crippen LogP contribution in [-0.2, 0) is 6.42 Å². The molecule has 5 nitrogen and oxygen atoms in total. The maximum Gasteiger partial charge on any atom is 0.231 e. The maximum absolute atomic E-state index is 5.84. The Labute approximate surface area is 158 Å². The third kappa shape index (κ3) is 2.79. The van der Waals surface area contributed by atoms with E-state index in [4.69, 9.17) is 26.4 Å². The number of para-hydroxylation sites is 1. The maximum atomic E-state index is 5.84. The fraction of sp³-hybridized carbons (Fsp3) is 0.350. The van der Waals surface area contributed by atoms with Crippen molar-refractivity contribution in [2.24, 2.45) is 0 Å². The van der Waals surface area contributed by atoms with Crippen molar-refractivity contribution in [2.75, 3.05) is 32.8 Å². The van der Waals surface area contributed by atoms with Crippen molar-refractivity contribution < 1.29 is 19.1 Å². The van der Waals surface area contributed by atoms with E-state index in [9.17, 15) is 0 Å². The number of methoxy groups -OCH3 is 1. The Hall–Kier alpha value is -2.31. The summed E-state index contributed by atoms with van der Waals surface area (Å²) in [5.74, 6) is 2.19. The van der Waals surface area contributed by atoms with Gasteiger partial charge < -0.3 is 24.4 Å². The molecule has 2 aromatic rings. The second-order valence-electron chi connectivity index (χ2n) is 6.80. The lowest BCUT2D eigenvalue weighted by molar-refractivity contribution is -0.902. The molecule has 0 aliphatic carbocycles. The molecule has 0 radical (unpaired) electrons. The average molecular weight is 371 g/mol. The molecule has 0 saturated heterocycles. The number of fused-ring (bicyclic) bond motifs is 2. The van der Waals surface area contributed by atoms with Gasteiger partial charge in [0.15, 0.2) is 17.5 Å². The highest BCUT2D eigenvalue weighted by Gasteiger charge is 2.38. The normalized spacial score (nSPS) is 20.4. The predicted molar refractivity (Wildman–Crippen MR) is 105 cm³/mol. The molecule has 2 N–H and O–H groups in total. The van der Waals surface area contributed by atoms with E-state index in [1.807, 2.05) is 12.1 Å². The first kappa shape index (κ1) is 17.1. The van der Waals surface area contributed by atoms with E-state index in [1.165, 1.54) is 16.0 Å². The number of anilines is 1. The van der Waals surface area contributed by atoms with Crippen molar-refractivity contribution in [2.45, 2.75) is 19.4 Å². The second-order valence-corrected chi connectivity index (χ2v) is 7.24. The van der Waals surface area contributed by atoms with Gasteiger partial charge in [0.2, 0.25) is 12.5 Å². The van der Waals surface area contributed by atoms with Crippen molar-refractivity contribution in [3.05, 3.63) is 47.0 Å². The van der Waals surface area contributed by atoms with Crippen LogP contribution in [0.2, 0.25) is 0 Å². The summed E-state index contributed by atoms with van der Waals surface area (Å²) in [7, 11) is 3.85. The quantitative estimate of drug-likeness (QED) is 0.811. The lowest BCUT2D eigenvalue weighted by Gasteiger charge is -2.33. The van der Waals surface area contributed by atoms with Gasteiger partial charge >= 0.3 is 0 Å². The largest absolute Gasteiger partial charge is 0.492 e. The van der Waals surface area contributed by atoms with Crippen LogP contribution in [0.4, 0.5) is 5.69 Å². The highest BCUT2D eigenvalue weighted by Crippen LogP contribution is 2.47. The van der Waals surface area contributed by atoms with Crippen LogP contribution in [0.1, 0.15) is 22.7 Å². The molecule has 2 aromatic carbocycles. The predicted octanol–water partition coefficient (Wildman–Crippen LogP) is 2.28. The molecule has 2 heterocycles. The lowest BCUT2D eigenvalue weighted by Crippen LogP contribution is -3.11. The number of aryl methyl sites for hydroxylation is 1. The Bertz CT molecular complexity index is 868. The van der Waals surface area contributed by atoms with Crippen LogP contribution in [0.5, 0.6) is 17.2 Å². The fourth-order valence-corrected chi connectivity index (χ4v) is 4.23. The molecule has 0 aromatic heterocycles.